The fourth-order valence-electron chi connectivity index (χ4n) is 4.83. The van der Waals surface area contributed by atoms with E-state index in [0.29, 0.717) is 34.5 Å². The lowest BCUT2D eigenvalue weighted by molar-refractivity contribution is -0.763. The molecule has 1 amide bonds. The van der Waals surface area contributed by atoms with Crippen molar-refractivity contribution in [2.45, 2.75) is 51.4 Å². The number of carbonyl (C=O) groups is 1. The number of nitrogens with zero attached hydrogens (tertiary/aromatic N) is 3. The maximum Gasteiger partial charge on any atom is 0.325 e. The number of aromatic nitrogens is 3. The smallest absolute Gasteiger partial charge is 0.325 e. The molecule has 1 aliphatic rings. The van der Waals surface area contributed by atoms with E-state index >= 15 is 0 Å². The Kier molecular flexibility index (Phi) is 7.28. The van der Waals surface area contributed by atoms with Crippen LogP contribution in [0.3, 0.4) is 0 Å². The molecule has 0 fully saturated rings. The lowest BCUT2D eigenvalue weighted by atomic mass is 9.96. The number of anilines is 1. The van der Waals surface area contributed by atoms with Gasteiger partial charge in [0.2, 0.25) is 11.1 Å². The summed E-state index contributed by atoms with van der Waals surface area (Å²) in [5, 5.41) is 7.44. The second-order valence-electron chi connectivity index (χ2n) is 9.08. The van der Waals surface area contributed by atoms with Gasteiger partial charge in [0.15, 0.2) is 0 Å². The normalized spacial score (nSPS) is 14.4. The number of para-hydroxylation sites is 1. The predicted molar refractivity (Wildman–Crippen MR) is 147 cm³/mol. The SMILES string of the molecule is CCCCSc1n[n+]2c(c(=O)[nH]1)-c1ccccc1N(C(C)=O)[C@@H]2c1c(OCCC)ccc2ccccc12. The Morgan fingerprint density at radius 1 is 1.08 bits per heavy atom. The van der Waals surface area contributed by atoms with E-state index in [1.54, 1.807) is 16.5 Å². The molecule has 1 atom stereocenters. The molecule has 7 nitrogen and oxygen atoms in total. The van der Waals surface area contributed by atoms with Crippen LogP contribution in [0.1, 0.15) is 51.8 Å². The van der Waals surface area contributed by atoms with Crippen molar-refractivity contribution in [3.05, 3.63) is 76.6 Å². The van der Waals surface area contributed by atoms with E-state index in [4.69, 9.17) is 9.84 Å². The molecule has 1 aromatic heterocycles. The van der Waals surface area contributed by atoms with Crippen LogP contribution in [0.2, 0.25) is 0 Å². The number of hydrogen-bond acceptors (Lipinski definition) is 5. The number of carbonyl (C=O) groups excluding carboxylic acids is 1. The molecule has 37 heavy (non-hydrogen) atoms. The van der Waals surface area contributed by atoms with Crippen molar-refractivity contribution in [3.63, 3.8) is 0 Å². The van der Waals surface area contributed by atoms with Gasteiger partial charge in [0.1, 0.15) is 5.75 Å². The number of H-pyrrole nitrogens is 1. The molecular formula is C29H31N4O3S+. The number of thioether (sulfide) groups is 1. The molecule has 0 unspecified atom stereocenters. The zero-order chi connectivity index (χ0) is 25.9. The standard InChI is InChI=1S/C29H30N4O3S/c1-4-6-18-37-29-30-27(35)26-22-13-9-10-14-23(22)32(19(3)34)28(33(26)31-29)25-21-12-8-7-11-20(21)15-16-24(25)36-17-5-2/h7-16,28H,4-6,17-18H2,1-3H3/p+1/t28-/m0/s1. The summed E-state index contributed by atoms with van der Waals surface area (Å²) in [6, 6.07) is 19.5. The molecule has 2 heterocycles. The van der Waals surface area contributed by atoms with Crippen LogP contribution in [0.15, 0.2) is 70.6 Å². The molecule has 1 aliphatic heterocycles. The van der Waals surface area contributed by atoms with Crippen molar-refractivity contribution in [1.82, 2.24) is 10.1 Å². The Morgan fingerprint density at radius 2 is 1.86 bits per heavy atom. The van der Waals surface area contributed by atoms with Crippen LogP contribution in [-0.2, 0) is 4.79 Å². The first-order chi connectivity index (χ1) is 18.0. The largest absolute Gasteiger partial charge is 0.493 e. The minimum atomic E-state index is -0.701. The number of benzene rings is 3. The van der Waals surface area contributed by atoms with Crippen LogP contribution >= 0.6 is 11.8 Å². The minimum absolute atomic E-state index is 0.146. The highest BCUT2D eigenvalue weighted by Gasteiger charge is 2.46. The third-order valence-corrected chi connectivity index (χ3v) is 7.43. The van der Waals surface area contributed by atoms with Crippen molar-refractivity contribution >= 4 is 34.1 Å². The molecule has 5 rings (SSSR count). The molecule has 3 aromatic carbocycles. The second-order valence-corrected chi connectivity index (χ2v) is 10.2. The minimum Gasteiger partial charge on any atom is -0.493 e. The van der Waals surface area contributed by atoms with E-state index < -0.39 is 6.17 Å². The molecule has 190 valence electrons. The summed E-state index contributed by atoms with van der Waals surface area (Å²) in [5.74, 6) is 1.37. The van der Waals surface area contributed by atoms with E-state index in [1.807, 2.05) is 60.7 Å². The zero-order valence-electron chi connectivity index (χ0n) is 21.4. The highest BCUT2D eigenvalue weighted by atomic mass is 32.2. The Bertz CT molecular complexity index is 1520. The second kappa shape index (κ2) is 10.8. The summed E-state index contributed by atoms with van der Waals surface area (Å²) in [5.41, 5.74) is 2.35. The third-order valence-electron chi connectivity index (χ3n) is 6.48. The molecule has 0 saturated carbocycles. The first-order valence-electron chi connectivity index (χ1n) is 12.8. The molecule has 0 bridgehead atoms. The first kappa shape index (κ1) is 25.0. The summed E-state index contributed by atoms with van der Waals surface area (Å²) < 4.78 is 7.97. The van der Waals surface area contributed by atoms with Crippen LogP contribution in [0.5, 0.6) is 5.75 Å². The van der Waals surface area contributed by atoms with E-state index in [-0.39, 0.29) is 11.5 Å². The molecule has 8 heteroatoms. The molecule has 0 saturated heterocycles. The summed E-state index contributed by atoms with van der Waals surface area (Å²) in [6.07, 6.45) is 2.21. The van der Waals surface area contributed by atoms with Gasteiger partial charge in [0.05, 0.1) is 23.4 Å². The summed E-state index contributed by atoms with van der Waals surface area (Å²) in [7, 11) is 0. The van der Waals surface area contributed by atoms with Gasteiger partial charge >= 0.3 is 11.3 Å². The van der Waals surface area contributed by atoms with Gasteiger partial charge in [-0.05, 0) is 46.5 Å². The van der Waals surface area contributed by atoms with Crippen molar-refractivity contribution < 1.29 is 14.2 Å². The molecular weight excluding hydrogens is 484 g/mol. The number of fused-ring (bicyclic) bond motifs is 4. The van der Waals surface area contributed by atoms with Crippen molar-refractivity contribution in [3.8, 4) is 17.0 Å². The number of amides is 1. The van der Waals surface area contributed by atoms with Crippen LogP contribution in [-0.4, -0.2) is 28.3 Å². The van der Waals surface area contributed by atoms with Crippen LogP contribution < -0.4 is 19.9 Å². The lowest BCUT2D eigenvalue weighted by Gasteiger charge is -2.32. The van der Waals surface area contributed by atoms with Gasteiger partial charge in [-0.3, -0.25) is 14.6 Å². The Balaban J connectivity index is 1.84. The topological polar surface area (TPSA) is 79.2 Å². The highest BCUT2D eigenvalue weighted by molar-refractivity contribution is 7.99. The third kappa shape index (κ3) is 4.62. The lowest BCUT2D eigenvalue weighted by Crippen LogP contribution is -2.60. The number of nitrogens with one attached hydrogen (secondary N) is 1. The average molecular weight is 516 g/mol. The van der Waals surface area contributed by atoms with Gasteiger partial charge in [-0.2, -0.15) is 0 Å². The number of hydrogen-bond donors (Lipinski definition) is 1. The summed E-state index contributed by atoms with van der Waals surface area (Å²) >= 11 is 1.52. The van der Waals surface area contributed by atoms with Crippen LogP contribution in [0, 0.1) is 0 Å². The Morgan fingerprint density at radius 3 is 2.65 bits per heavy atom. The highest BCUT2D eigenvalue weighted by Crippen LogP contribution is 2.42. The van der Waals surface area contributed by atoms with Gasteiger partial charge in [0, 0.05) is 17.8 Å². The quantitative estimate of drug-likeness (QED) is 0.191. The van der Waals surface area contributed by atoms with Gasteiger partial charge < -0.3 is 4.74 Å². The van der Waals surface area contributed by atoms with Crippen molar-refractivity contribution in [2.24, 2.45) is 0 Å². The monoisotopic (exact) mass is 515 g/mol. The number of unbranched alkanes of at least 4 members (excludes halogenated alkanes) is 1. The van der Waals surface area contributed by atoms with Gasteiger partial charge in [-0.15, -0.1) is 0 Å². The van der Waals surface area contributed by atoms with Gasteiger partial charge in [-0.25, -0.2) is 4.90 Å². The number of aromatic amines is 1. The molecule has 0 aliphatic carbocycles. The average Bonchev–Trinajstić information content (AvgIpc) is 2.90. The molecule has 1 N–H and O–H groups in total. The molecule has 0 radical (unpaired) electrons. The molecule has 4 aromatic rings. The van der Waals surface area contributed by atoms with Crippen molar-refractivity contribution in [1.29, 1.82) is 0 Å². The van der Waals surface area contributed by atoms with Gasteiger partial charge in [0.25, 0.3) is 6.17 Å². The maximum absolute atomic E-state index is 13.6. The van der Waals surface area contributed by atoms with E-state index in [9.17, 15) is 9.59 Å². The van der Waals surface area contributed by atoms with Crippen molar-refractivity contribution in [2.75, 3.05) is 17.3 Å². The maximum atomic E-state index is 13.6. The Labute approximate surface area is 220 Å². The number of ether oxygens (including phenoxy) is 1. The number of rotatable bonds is 8. The fourth-order valence-corrected chi connectivity index (χ4v) is 5.77. The molecule has 0 spiro atoms. The Hall–Kier alpha value is -3.65. The van der Waals surface area contributed by atoms with Crippen LogP contribution in [0.25, 0.3) is 22.0 Å². The zero-order valence-corrected chi connectivity index (χ0v) is 22.2. The van der Waals surface area contributed by atoms with E-state index in [2.05, 4.69) is 18.8 Å². The first-order valence-corrected chi connectivity index (χ1v) is 13.8. The van der Waals surface area contributed by atoms with Crippen LogP contribution in [0.4, 0.5) is 5.69 Å². The van der Waals surface area contributed by atoms with Gasteiger partial charge in [-0.1, -0.05) is 74.5 Å². The summed E-state index contributed by atoms with van der Waals surface area (Å²) in [6.45, 7) is 6.28. The fraction of sp³-hybridized carbons (Fsp3) is 0.310. The van der Waals surface area contributed by atoms with E-state index in [1.165, 1.54) is 11.8 Å². The van der Waals surface area contributed by atoms with E-state index in [0.717, 1.165) is 41.4 Å². The predicted octanol–water partition coefficient (Wildman–Crippen LogP) is 5.47. The summed E-state index contributed by atoms with van der Waals surface area (Å²) in [4.78, 5) is 31.6.